The van der Waals surface area contributed by atoms with Gasteiger partial charge in [-0.05, 0) is 0 Å². The van der Waals surface area contributed by atoms with E-state index in [2.05, 4.69) is 4.98 Å². The van der Waals surface area contributed by atoms with Gasteiger partial charge in [-0.1, -0.05) is 0 Å². The van der Waals surface area contributed by atoms with Gasteiger partial charge in [0.25, 0.3) is 0 Å². The second-order valence-corrected chi connectivity index (χ2v) is 3.03. The Morgan fingerprint density at radius 1 is 1.55 bits per heavy atom. The molecule has 58 valence electrons. The maximum absolute atomic E-state index is 8.81. The molecular weight excluding hydrogens is 164 g/mol. The van der Waals surface area contributed by atoms with Crippen LogP contribution in [0.4, 0.5) is 0 Å². The topological polar surface area (TPSA) is 57.8 Å². The average molecular weight is 170 g/mol. The van der Waals surface area contributed by atoms with Crippen LogP contribution in [0.2, 0.25) is 0 Å². The molecule has 0 aliphatic rings. The van der Waals surface area contributed by atoms with Crippen molar-refractivity contribution in [2.75, 3.05) is 0 Å². The minimum absolute atomic E-state index is 0.265. The molecule has 0 saturated heterocycles. The van der Waals surface area contributed by atoms with Gasteiger partial charge in [-0.15, -0.1) is 11.3 Å². The van der Waals surface area contributed by atoms with Gasteiger partial charge in [0.1, 0.15) is 4.83 Å². The first-order valence-electron chi connectivity index (χ1n) is 3.05. The Morgan fingerprint density at radius 2 is 2.36 bits per heavy atom. The Hall–Kier alpha value is -0.910. The first kappa shape index (κ1) is 6.78. The number of nitrogens with zero attached hydrogens (tertiary/aromatic N) is 2. The Bertz CT molecular complexity index is 365. The van der Waals surface area contributed by atoms with E-state index in [1.165, 1.54) is 11.3 Å². The first-order chi connectivity index (χ1) is 5.29. The van der Waals surface area contributed by atoms with Crippen LogP contribution in [0.3, 0.4) is 0 Å². The minimum atomic E-state index is -1.49. The van der Waals surface area contributed by atoms with E-state index in [4.69, 9.17) is 10.2 Å². The van der Waals surface area contributed by atoms with E-state index in [9.17, 15) is 0 Å². The molecular formula is C6H6N2O2S. The molecule has 2 N–H and O–H groups in total. The van der Waals surface area contributed by atoms with Gasteiger partial charge in [-0.25, -0.2) is 4.98 Å². The molecule has 0 aliphatic carbocycles. The third-order valence-electron chi connectivity index (χ3n) is 1.42. The molecule has 2 aromatic rings. The van der Waals surface area contributed by atoms with Crippen LogP contribution in [-0.4, -0.2) is 19.6 Å². The summed E-state index contributed by atoms with van der Waals surface area (Å²) in [6.07, 6.45) is 1.87. The monoisotopic (exact) mass is 170 g/mol. The summed E-state index contributed by atoms with van der Waals surface area (Å²) in [5.41, 5.74) is 0. The second kappa shape index (κ2) is 2.30. The van der Waals surface area contributed by atoms with Crippen LogP contribution in [0.25, 0.3) is 4.83 Å². The van der Waals surface area contributed by atoms with E-state index in [0.29, 0.717) is 0 Å². The standard InChI is InChI=1S/C6H6N2O2S/c9-6(10)5-7-3-4-8(5)1-2-11-4/h1-3,6,9-10H. The number of aromatic nitrogens is 2. The predicted octanol–water partition coefficient (Wildman–Crippen LogP) is 0.379. The zero-order chi connectivity index (χ0) is 7.84. The summed E-state index contributed by atoms with van der Waals surface area (Å²) < 4.78 is 1.65. The van der Waals surface area contributed by atoms with Crippen LogP contribution in [0.5, 0.6) is 0 Å². The maximum atomic E-state index is 8.81. The van der Waals surface area contributed by atoms with E-state index >= 15 is 0 Å². The molecule has 0 aliphatic heterocycles. The lowest BCUT2D eigenvalue weighted by Gasteiger charge is -1.97. The van der Waals surface area contributed by atoms with Crippen LogP contribution in [0.15, 0.2) is 17.8 Å². The summed E-state index contributed by atoms with van der Waals surface area (Å²) >= 11 is 1.50. The number of imidazole rings is 1. The Balaban J connectivity index is 2.68. The summed E-state index contributed by atoms with van der Waals surface area (Å²) in [6.45, 7) is 0. The number of aliphatic hydroxyl groups is 2. The number of aliphatic hydroxyl groups excluding tert-OH is 1. The number of thiazole rings is 1. The fourth-order valence-corrected chi connectivity index (χ4v) is 1.65. The highest BCUT2D eigenvalue weighted by atomic mass is 32.1. The second-order valence-electron chi connectivity index (χ2n) is 2.10. The van der Waals surface area contributed by atoms with Crippen LogP contribution >= 0.6 is 11.3 Å². The van der Waals surface area contributed by atoms with Gasteiger partial charge >= 0.3 is 0 Å². The summed E-state index contributed by atoms with van der Waals surface area (Å²) in [6, 6.07) is 0. The number of hydrogen-bond donors (Lipinski definition) is 2. The summed E-state index contributed by atoms with van der Waals surface area (Å²) in [7, 11) is 0. The molecule has 0 spiro atoms. The lowest BCUT2D eigenvalue weighted by molar-refractivity contribution is -0.0497. The fraction of sp³-hybridized carbons (Fsp3) is 0.167. The lowest BCUT2D eigenvalue weighted by Crippen LogP contribution is -2.00. The van der Waals surface area contributed by atoms with Crippen LogP contribution in [-0.2, 0) is 0 Å². The molecule has 11 heavy (non-hydrogen) atoms. The van der Waals surface area contributed by atoms with Gasteiger partial charge in [0.05, 0.1) is 6.20 Å². The largest absolute Gasteiger partial charge is 0.362 e. The van der Waals surface area contributed by atoms with Crippen molar-refractivity contribution >= 4 is 16.2 Å². The molecule has 0 bridgehead atoms. The highest BCUT2D eigenvalue weighted by Crippen LogP contribution is 2.16. The molecule has 0 aromatic carbocycles. The number of rotatable bonds is 1. The van der Waals surface area contributed by atoms with Crippen molar-refractivity contribution < 1.29 is 10.2 Å². The van der Waals surface area contributed by atoms with Gasteiger partial charge in [-0.3, -0.25) is 4.40 Å². The summed E-state index contributed by atoms with van der Waals surface area (Å²) in [5, 5.41) is 19.5. The molecule has 0 radical (unpaired) electrons. The average Bonchev–Trinajstić information content (AvgIpc) is 2.41. The fourth-order valence-electron chi connectivity index (χ4n) is 0.948. The van der Waals surface area contributed by atoms with E-state index in [0.717, 1.165) is 4.83 Å². The highest BCUT2D eigenvalue weighted by Gasteiger charge is 2.09. The molecule has 0 unspecified atom stereocenters. The molecule has 4 nitrogen and oxygen atoms in total. The van der Waals surface area contributed by atoms with Gasteiger partial charge < -0.3 is 10.2 Å². The van der Waals surface area contributed by atoms with Gasteiger partial charge in [0.15, 0.2) is 5.82 Å². The van der Waals surface area contributed by atoms with Gasteiger partial charge in [-0.2, -0.15) is 0 Å². The smallest absolute Gasteiger partial charge is 0.212 e. The van der Waals surface area contributed by atoms with Crippen molar-refractivity contribution in [1.29, 1.82) is 0 Å². The van der Waals surface area contributed by atoms with Crippen LogP contribution in [0, 0.1) is 0 Å². The summed E-state index contributed by atoms with van der Waals surface area (Å²) in [5.74, 6) is 0.265. The van der Waals surface area contributed by atoms with E-state index < -0.39 is 6.29 Å². The molecule has 0 amide bonds. The quantitative estimate of drug-likeness (QED) is 0.608. The third-order valence-corrected chi connectivity index (χ3v) is 2.22. The van der Waals surface area contributed by atoms with E-state index in [1.54, 1.807) is 16.8 Å². The molecule has 0 fully saturated rings. The number of fused-ring (bicyclic) bond motifs is 1. The zero-order valence-electron chi connectivity index (χ0n) is 5.51. The van der Waals surface area contributed by atoms with Crippen LogP contribution in [0.1, 0.15) is 12.1 Å². The van der Waals surface area contributed by atoms with Gasteiger partial charge in [0, 0.05) is 11.6 Å². The SMILES string of the molecule is OC(O)c1ncc2sccn12. The van der Waals surface area contributed by atoms with E-state index in [1.807, 2.05) is 5.38 Å². The lowest BCUT2D eigenvalue weighted by atomic mass is 10.6. The van der Waals surface area contributed by atoms with Crippen molar-refractivity contribution in [3.05, 3.63) is 23.6 Å². The van der Waals surface area contributed by atoms with Crippen molar-refractivity contribution in [1.82, 2.24) is 9.38 Å². The Morgan fingerprint density at radius 3 is 3.09 bits per heavy atom. The third kappa shape index (κ3) is 0.936. The molecule has 5 heteroatoms. The number of hydrogen-bond acceptors (Lipinski definition) is 4. The molecule has 2 heterocycles. The highest BCUT2D eigenvalue weighted by molar-refractivity contribution is 7.15. The maximum Gasteiger partial charge on any atom is 0.212 e. The predicted molar refractivity (Wildman–Crippen MR) is 40.2 cm³/mol. The van der Waals surface area contributed by atoms with Crippen molar-refractivity contribution in [3.8, 4) is 0 Å². The van der Waals surface area contributed by atoms with E-state index in [-0.39, 0.29) is 5.82 Å². The van der Waals surface area contributed by atoms with Crippen LogP contribution < -0.4 is 0 Å². The van der Waals surface area contributed by atoms with Crippen molar-refractivity contribution in [2.24, 2.45) is 0 Å². The molecule has 0 atom stereocenters. The molecule has 0 saturated carbocycles. The molecule has 2 aromatic heterocycles. The Labute approximate surface area is 66.4 Å². The Kier molecular flexibility index (Phi) is 1.42. The zero-order valence-corrected chi connectivity index (χ0v) is 6.32. The van der Waals surface area contributed by atoms with Crippen molar-refractivity contribution in [3.63, 3.8) is 0 Å². The van der Waals surface area contributed by atoms with Crippen molar-refractivity contribution in [2.45, 2.75) is 6.29 Å². The molecule has 2 rings (SSSR count). The normalized spacial score (nSPS) is 11.5. The minimum Gasteiger partial charge on any atom is -0.362 e. The first-order valence-corrected chi connectivity index (χ1v) is 3.93. The summed E-state index contributed by atoms with van der Waals surface area (Å²) in [4.78, 5) is 4.74. The van der Waals surface area contributed by atoms with Gasteiger partial charge in [0.2, 0.25) is 6.29 Å².